The molecule has 1 amide bonds. The highest BCUT2D eigenvalue weighted by Crippen LogP contribution is 2.13. The van der Waals surface area contributed by atoms with Gasteiger partial charge in [0.15, 0.2) is 0 Å². The van der Waals surface area contributed by atoms with Crippen molar-refractivity contribution in [1.82, 2.24) is 15.1 Å². The zero-order chi connectivity index (χ0) is 21.5. The van der Waals surface area contributed by atoms with Crippen LogP contribution >= 0.6 is 0 Å². The summed E-state index contributed by atoms with van der Waals surface area (Å²) in [6, 6.07) is 18.3. The Morgan fingerprint density at radius 1 is 1.16 bits per heavy atom. The molecule has 2 N–H and O–H groups in total. The standard InChI is InChI=1S/C25H28N4O2/c1-20-7-10-22(11-8-20)24(19-28-13-15-31-16-14-28)27-25(30)12-9-21-17-26-29(18-21)23-5-3-2-4-6-23/h2-12,17-18,24H,13-16,19H2,1H3,(H,27,30)/p+1/b12-9+/t24-/m0/s1. The van der Waals surface area contributed by atoms with Crippen molar-refractivity contribution < 1.29 is 14.4 Å². The highest BCUT2D eigenvalue weighted by Gasteiger charge is 2.22. The summed E-state index contributed by atoms with van der Waals surface area (Å²) in [6.07, 6.45) is 7.05. The molecule has 0 saturated carbocycles. The molecule has 1 atom stereocenters. The first-order valence-electron chi connectivity index (χ1n) is 10.7. The van der Waals surface area contributed by atoms with Crippen molar-refractivity contribution in [1.29, 1.82) is 0 Å². The van der Waals surface area contributed by atoms with Crippen LogP contribution in [-0.2, 0) is 9.53 Å². The number of nitrogens with one attached hydrogen (secondary N) is 2. The lowest BCUT2D eigenvalue weighted by Crippen LogP contribution is -3.14. The smallest absolute Gasteiger partial charge is 0.244 e. The van der Waals surface area contributed by atoms with Crippen LogP contribution < -0.4 is 10.2 Å². The fraction of sp³-hybridized carbons (Fsp3) is 0.280. The number of carbonyl (C=O) groups is 1. The zero-order valence-electron chi connectivity index (χ0n) is 17.8. The van der Waals surface area contributed by atoms with Crippen LogP contribution in [0.3, 0.4) is 0 Å². The average Bonchev–Trinajstić information content (AvgIpc) is 3.28. The highest BCUT2D eigenvalue weighted by atomic mass is 16.5. The van der Waals surface area contributed by atoms with Crippen LogP contribution in [0, 0.1) is 6.92 Å². The van der Waals surface area contributed by atoms with Gasteiger partial charge < -0.3 is 15.0 Å². The van der Waals surface area contributed by atoms with E-state index in [2.05, 4.69) is 41.6 Å². The van der Waals surface area contributed by atoms with Crippen LogP contribution in [0.1, 0.15) is 22.7 Å². The molecule has 31 heavy (non-hydrogen) atoms. The first-order chi connectivity index (χ1) is 15.2. The molecule has 2 heterocycles. The second-order valence-electron chi connectivity index (χ2n) is 7.93. The molecule has 0 aliphatic carbocycles. The summed E-state index contributed by atoms with van der Waals surface area (Å²) in [5.41, 5.74) is 4.20. The molecule has 1 saturated heterocycles. The number of morpholine rings is 1. The number of hydrogen-bond acceptors (Lipinski definition) is 3. The number of rotatable bonds is 7. The summed E-state index contributed by atoms with van der Waals surface area (Å²) in [7, 11) is 0. The van der Waals surface area contributed by atoms with Crippen LogP contribution in [0.15, 0.2) is 73.1 Å². The molecule has 1 fully saturated rings. The summed E-state index contributed by atoms with van der Waals surface area (Å²) in [6.45, 7) is 6.39. The highest BCUT2D eigenvalue weighted by molar-refractivity contribution is 5.91. The van der Waals surface area contributed by atoms with Gasteiger partial charge in [0.25, 0.3) is 0 Å². The third-order valence-electron chi connectivity index (χ3n) is 5.54. The molecule has 0 unspecified atom stereocenters. The van der Waals surface area contributed by atoms with E-state index in [1.807, 2.05) is 36.5 Å². The van der Waals surface area contributed by atoms with Gasteiger partial charge in [0.2, 0.25) is 5.91 Å². The topological polar surface area (TPSA) is 60.6 Å². The lowest BCUT2D eigenvalue weighted by atomic mass is 10.0. The van der Waals surface area contributed by atoms with Crippen molar-refractivity contribution in [3.05, 3.63) is 89.8 Å². The third-order valence-corrected chi connectivity index (χ3v) is 5.54. The van der Waals surface area contributed by atoms with E-state index in [-0.39, 0.29) is 11.9 Å². The number of nitrogens with zero attached hydrogens (tertiary/aromatic N) is 2. The van der Waals surface area contributed by atoms with Crippen LogP contribution in [-0.4, -0.2) is 48.5 Å². The third kappa shape index (κ3) is 5.90. The van der Waals surface area contributed by atoms with Crippen molar-refractivity contribution >= 4 is 12.0 Å². The van der Waals surface area contributed by atoms with Gasteiger partial charge in [0.1, 0.15) is 25.7 Å². The van der Waals surface area contributed by atoms with E-state index in [9.17, 15) is 4.79 Å². The van der Waals surface area contributed by atoms with Crippen molar-refractivity contribution in [2.45, 2.75) is 13.0 Å². The van der Waals surface area contributed by atoms with E-state index in [0.717, 1.165) is 49.7 Å². The van der Waals surface area contributed by atoms with Crippen molar-refractivity contribution in [2.75, 3.05) is 32.8 Å². The second kappa shape index (κ2) is 10.2. The molecule has 160 valence electrons. The van der Waals surface area contributed by atoms with Gasteiger partial charge in [-0.1, -0.05) is 48.0 Å². The molecular formula is C25H29N4O2+. The number of ether oxygens (including phenoxy) is 1. The van der Waals surface area contributed by atoms with Crippen LogP contribution in [0.2, 0.25) is 0 Å². The van der Waals surface area contributed by atoms with Gasteiger partial charge >= 0.3 is 0 Å². The monoisotopic (exact) mass is 417 g/mol. The predicted octanol–water partition coefficient (Wildman–Crippen LogP) is 1.97. The average molecular weight is 418 g/mol. The molecule has 2 aromatic carbocycles. The Kier molecular flexibility index (Phi) is 6.92. The Morgan fingerprint density at radius 2 is 1.90 bits per heavy atom. The minimum absolute atomic E-state index is 0.0436. The summed E-state index contributed by atoms with van der Waals surface area (Å²) < 4.78 is 7.28. The minimum atomic E-state index is -0.106. The van der Waals surface area contributed by atoms with Gasteiger partial charge in [0, 0.05) is 17.8 Å². The van der Waals surface area contributed by atoms with E-state index >= 15 is 0 Å². The van der Waals surface area contributed by atoms with Crippen molar-refractivity contribution in [3.8, 4) is 5.69 Å². The van der Waals surface area contributed by atoms with Gasteiger partial charge in [-0.15, -0.1) is 0 Å². The molecule has 0 bridgehead atoms. The van der Waals surface area contributed by atoms with Crippen molar-refractivity contribution in [2.24, 2.45) is 0 Å². The molecule has 1 aliphatic rings. The summed E-state index contributed by atoms with van der Waals surface area (Å²) in [4.78, 5) is 14.2. The zero-order valence-corrected chi connectivity index (χ0v) is 17.8. The number of benzene rings is 2. The molecule has 0 spiro atoms. The first-order valence-corrected chi connectivity index (χ1v) is 10.7. The number of aryl methyl sites for hydroxylation is 1. The Morgan fingerprint density at radius 3 is 2.65 bits per heavy atom. The molecule has 0 radical (unpaired) electrons. The van der Waals surface area contributed by atoms with Gasteiger partial charge in [-0.25, -0.2) is 4.68 Å². The summed E-state index contributed by atoms with van der Waals surface area (Å²) >= 11 is 0. The molecule has 1 aromatic heterocycles. The number of carbonyl (C=O) groups excluding carboxylic acids is 1. The number of hydrogen-bond donors (Lipinski definition) is 2. The number of amides is 1. The van der Waals surface area contributed by atoms with Crippen LogP contribution in [0.4, 0.5) is 0 Å². The Hall–Kier alpha value is -3.22. The maximum atomic E-state index is 12.7. The molecule has 4 rings (SSSR count). The SMILES string of the molecule is Cc1ccc([C@H](C[NH+]2CCOCC2)NC(=O)/C=C/c2cnn(-c3ccccc3)c2)cc1. The van der Waals surface area contributed by atoms with E-state index in [0.29, 0.717) is 0 Å². The number of aromatic nitrogens is 2. The summed E-state index contributed by atoms with van der Waals surface area (Å²) in [5, 5.41) is 7.57. The normalized spacial score (nSPS) is 15.8. The minimum Gasteiger partial charge on any atom is -0.370 e. The quantitative estimate of drug-likeness (QED) is 0.578. The molecular weight excluding hydrogens is 388 g/mol. The molecule has 6 nitrogen and oxygen atoms in total. The Balaban J connectivity index is 1.43. The van der Waals surface area contributed by atoms with Crippen LogP contribution in [0.5, 0.6) is 0 Å². The van der Waals surface area contributed by atoms with Gasteiger partial charge in [0.05, 0.1) is 25.1 Å². The fourth-order valence-corrected chi connectivity index (χ4v) is 3.74. The molecule has 6 heteroatoms. The van der Waals surface area contributed by atoms with E-state index in [1.165, 1.54) is 10.5 Å². The Labute approximate surface area is 183 Å². The maximum Gasteiger partial charge on any atom is 0.244 e. The number of quaternary nitrogens is 1. The fourth-order valence-electron chi connectivity index (χ4n) is 3.74. The maximum absolute atomic E-state index is 12.7. The summed E-state index contributed by atoms with van der Waals surface area (Å²) in [5.74, 6) is -0.106. The van der Waals surface area contributed by atoms with Crippen molar-refractivity contribution in [3.63, 3.8) is 0 Å². The van der Waals surface area contributed by atoms with Crippen LogP contribution in [0.25, 0.3) is 11.8 Å². The Bertz CT molecular complexity index is 1010. The van der Waals surface area contributed by atoms with E-state index in [4.69, 9.17) is 4.74 Å². The van der Waals surface area contributed by atoms with E-state index in [1.54, 1.807) is 23.0 Å². The van der Waals surface area contributed by atoms with Gasteiger partial charge in [-0.05, 0) is 30.7 Å². The second-order valence-corrected chi connectivity index (χ2v) is 7.93. The lowest BCUT2D eigenvalue weighted by Gasteiger charge is -2.28. The first kappa shape index (κ1) is 21.0. The number of para-hydroxylation sites is 1. The molecule has 1 aliphatic heterocycles. The molecule has 3 aromatic rings. The van der Waals surface area contributed by atoms with Gasteiger partial charge in [-0.2, -0.15) is 5.10 Å². The largest absolute Gasteiger partial charge is 0.370 e. The predicted molar refractivity (Wildman–Crippen MR) is 121 cm³/mol. The lowest BCUT2D eigenvalue weighted by molar-refractivity contribution is -0.909. The van der Waals surface area contributed by atoms with E-state index < -0.39 is 0 Å². The van der Waals surface area contributed by atoms with Gasteiger partial charge in [-0.3, -0.25) is 4.79 Å².